The molecule has 0 aliphatic heterocycles. The molecule has 0 bridgehead atoms. The molecule has 0 fully saturated rings. The van der Waals surface area contributed by atoms with Gasteiger partial charge in [0.2, 0.25) is 0 Å². The second-order valence-electron chi connectivity index (χ2n) is 5.35. The van der Waals surface area contributed by atoms with Gasteiger partial charge >= 0.3 is 0 Å². The van der Waals surface area contributed by atoms with E-state index in [0.717, 1.165) is 5.56 Å². The van der Waals surface area contributed by atoms with Crippen molar-refractivity contribution in [2.45, 2.75) is 6.61 Å². The SMILES string of the molecule is COCC(=O)c1cccc(OCc2ccc3ccccc3c2)c1. The Balaban J connectivity index is 1.72. The zero-order valence-electron chi connectivity index (χ0n) is 13.0. The molecular formula is C20H18O3. The van der Waals surface area contributed by atoms with Crippen LogP contribution < -0.4 is 4.74 Å². The highest BCUT2D eigenvalue weighted by Gasteiger charge is 2.06. The number of carbonyl (C=O) groups is 1. The van der Waals surface area contributed by atoms with Gasteiger partial charge in [0.05, 0.1) is 0 Å². The summed E-state index contributed by atoms with van der Waals surface area (Å²) in [6.07, 6.45) is 0. The summed E-state index contributed by atoms with van der Waals surface area (Å²) in [6, 6.07) is 21.7. The second-order valence-corrected chi connectivity index (χ2v) is 5.35. The summed E-state index contributed by atoms with van der Waals surface area (Å²) < 4.78 is 10.7. The number of Topliss-reactive ketones (excluding diaryl/α,β-unsaturated/α-hetero) is 1. The number of ketones is 1. The van der Waals surface area contributed by atoms with Crippen molar-refractivity contribution in [2.24, 2.45) is 0 Å². The number of ether oxygens (including phenoxy) is 2. The summed E-state index contributed by atoms with van der Waals surface area (Å²) in [7, 11) is 1.51. The van der Waals surface area contributed by atoms with E-state index >= 15 is 0 Å². The van der Waals surface area contributed by atoms with Gasteiger partial charge in [0.1, 0.15) is 19.0 Å². The van der Waals surface area contributed by atoms with Crippen LogP contribution in [0.1, 0.15) is 15.9 Å². The van der Waals surface area contributed by atoms with E-state index in [1.165, 1.54) is 17.9 Å². The Labute approximate surface area is 135 Å². The lowest BCUT2D eigenvalue weighted by Gasteiger charge is -2.09. The molecule has 0 aromatic heterocycles. The third-order valence-corrected chi connectivity index (χ3v) is 3.65. The van der Waals surface area contributed by atoms with Crippen molar-refractivity contribution >= 4 is 16.6 Å². The van der Waals surface area contributed by atoms with Gasteiger partial charge in [-0.1, -0.05) is 48.5 Å². The molecule has 0 spiro atoms. The van der Waals surface area contributed by atoms with Gasteiger partial charge in [0.25, 0.3) is 0 Å². The van der Waals surface area contributed by atoms with Crippen LogP contribution in [-0.2, 0) is 11.3 Å². The third kappa shape index (κ3) is 3.76. The van der Waals surface area contributed by atoms with E-state index in [4.69, 9.17) is 9.47 Å². The Morgan fingerprint density at radius 1 is 0.913 bits per heavy atom. The van der Waals surface area contributed by atoms with E-state index in [1.807, 2.05) is 24.3 Å². The fourth-order valence-electron chi connectivity index (χ4n) is 2.47. The molecule has 0 aliphatic carbocycles. The molecule has 0 atom stereocenters. The molecule has 0 unspecified atom stereocenters. The average Bonchev–Trinajstić information content (AvgIpc) is 2.60. The van der Waals surface area contributed by atoms with Crippen molar-refractivity contribution in [1.82, 2.24) is 0 Å². The number of methoxy groups -OCH3 is 1. The lowest BCUT2D eigenvalue weighted by atomic mass is 10.1. The highest BCUT2D eigenvalue weighted by atomic mass is 16.5. The Morgan fingerprint density at radius 3 is 2.57 bits per heavy atom. The van der Waals surface area contributed by atoms with Gasteiger partial charge in [-0.25, -0.2) is 0 Å². The number of hydrogen-bond donors (Lipinski definition) is 0. The van der Waals surface area contributed by atoms with Crippen LogP contribution >= 0.6 is 0 Å². The van der Waals surface area contributed by atoms with Crippen LogP contribution in [0.3, 0.4) is 0 Å². The number of benzene rings is 3. The zero-order valence-corrected chi connectivity index (χ0v) is 13.0. The molecule has 0 radical (unpaired) electrons. The molecular weight excluding hydrogens is 288 g/mol. The molecule has 3 aromatic carbocycles. The predicted molar refractivity (Wildman–Crippen MR) is 90.9 cm³/mol. The molecule has 0 heterocycles. The molecule has 3 heteroatoms. The van der Waals surface area contributed by atoms with Crippen molar-refractivity contribution in [2.75, 3.05) is 13.7 Å². The lowest BCUT2D eigenvalue weighted by Crippen LogP contribution is -2.07. The molecule has 0 amide bonds. The molecule has 0 saturated carbocycles. The first-order chi connectivity index (χ1) is 11.3. The normalized spacial score (nSPS) is 10.7. The van der Waals surface area contributed by atoms with Crippen molar-refractivity contribution in [1.29, 1.82) is 0 Å². The number of hydrogen-bond acceptors (Lipinski definition) is 3. The lowest BCUT2D eigenvalue weighted by molar-refractivity contribution is 0.0847. The van der Waals surface area contributed by atoms with Crippen LogP contribution in [-0.4, -0.2) is 19.5 Å². The van der Waals surface area contributed by atoms with Gasteiger partial charge in [0.15, 0.2) is 5.78 Å². The standard InChI is InChI=1S/C20H18O3/c1-22-14-20(21)18-7-4-8-19(12-18)23-13-15-9-10-16-5-2-3-6-17(16)11-15/h2-12H,13-14H2,1H3. The molecule has 3 rings (SSSR count). The van der Waals surface area contributed by atoms with Gasteiger partial charge in [-0.15, -0.1) is 0 Å². The number of fused-ring (bicyclic) bond motifs is 1. The maximum Gasteiger partial charge on any atom is 0.188 e. The molecule has 3 aromatic rings. The minimum Gasteiger partial charge on any atom is -0.489 e. The van der Waals surface area contributed by atoms with Crippen molar-refractivity contribution in [3.05, 3.63) is 77.9 Å². The van der Waals surface area contributed by atoms with E-state index in [2.05, 4.69) is 30.3 Å². The fraction of sp³-hybridized carbons (Fsp3) is 0.150. The minimum absolute atomic E-state index is 0.0522. The molecule has 0 aliphatic rings. The smallest absolute Gasteiger partial charge is 0.188 e. The Bertz CT molecular complexity index is 824. The van der Waals surface area contributed by atoms with Crippen LogP contribution in [0, 0.1) is 0 Å². The largest absolute Gasteiger partial charge is 0.489 e. The van der Waals surface area contributed by atoms with Crippen LogP contribution in [0.15, 0.2) is 66.7 Å². The van der Waals surface area contributed by atoms with Gasteiger partial charge in [-0.2, -0.15) is 0 Å². The minimum atomic E-state index is -0.0522. The third-order valence-electron chi connectivity index (χ3n) is 3.65. The summed E-state index contributed by atoms with van der Waals surface area (Å²) in [5, 5.41) is 2.40. The Hall–Kier alpha value is -2.65. The summed E-state index contributed by atoms with van der Waals surface area (Å²) in [4.78, 5) is 11.8. The fourth-order valence-corrected chi connectivity index (χ4v) is 2.47. The molecule has 3 nitrogen and oxygen atoms in total. The first-order valence-corrected chi connectivity index (χ1v) is 7.49. The Morgan fingerprint density at radius 2 is 1.74 bits per heavy atom. The van der Waals surface area contributed by atoms with Gasteiger partial charge in [-0.3, -0.25) is 4.79 Å². The molecule has 0 saturated heterocycles. The summed E-state index contributed by atoms with van der Waals surface area (Å²) in [6.45, 7) is 0.543. The first kappa shape index (κ1) is 15.3. The van der Waals surface area contributed by atoms with Gasteiger partial charge in [-0.05, 0) is 34.5 Å². The maximum absolute atomic E-state index is 11.8. The summed E-state index contributed by atoms with van der Waals surface area (Å²) in [5.74, 6) is 0.628. The van der Waals surface area contributed by atoms with Crippen molar-refractivity contribution in [3.8, 4) is 5.75 Å². The first-order valence-electron chi connectivity index (χ1n) is 7.49. The van der Waals surface area contributed by atoms with Crippen LogP contribution in [0.25, 0.3) is 10.8 Å². The topological polar surface area (TPSA) is 35.5 Å². The van der Waals surface area contributed by atoms with Crippen LogP contribution in [0.2, 0.25) is 0 Å². The molecule has 116 valence electrons. The predicted octanol–water partition coefficient (Wildman–Crippen LogP) is 4.25. The van der Waals surface area contributed by atoms with E-state index < -0.39 is 0 Å². The zero-order chi connectivity index (χ0) is 16.1. The van der Waals surface area contributed by atoms with E-state index in [-0.39, 0.29) is 12.4 Å². The van der Waals surface area contributed by atoms with E-state index in [1.54, 1.807) is 12.1 Å². The quantitative estimate of drug-likeness (QED) is 0.639. The van der Waals surface area contributed by atoms with Crippen LogP contribution in [0.5, 0.6) is 5.75 Å². The van der Waals surface area contributed by atoms with Crippen LogP contribution in [0.4, 0.5) is 0 Å². The Kier molecular flexibility index (Phi) is 4.69. The number of rotatable bonds is 6. The maximum atomic E-state index is 11.8. The highest BCUT2D eigenvalue weighted by Crippen LogP contribution is 2.19. The van der Waals surface area contributed by atoms with Crippen molar-refractivity contribution in [3.63, 3.8) is 0 Å². The van der Waals surface area contributed by atoms with Gasteiger partial charge in [0, 0.05) is 12.7 Å². The second kappa shape index (κ2) is 7.07. The molecule has 0 N–H and O–H groups in total. The highest BCUT2D eigenvalue weighted by molar-refractivity contribution is 5.97. The van der Waals surface area contributed by atoms with Gasteiger partial charge < -0.3 is 9.47 Å². The number of carbonyl (C=O) groups excluding carboxylic acids is 1. The summed E-state index contributed by atoms with van der Waals surface area (Å²) in [5.41, 5.74) is 1.69. The monoisotopic (exact) mass is 306 g/mol. The summed E-state index contributed by atoms with van der Waals surface area (Å²) >= 11 is 0. The van der Waals surface area contributed by atoms with Crippen molar-refractivity contribution < 1.29 is 14.3 Å². The molecule has 23 heavy (non-hydrogen) atoms. The van der Waals surface area contributed by atoms with E-state index in [0.29, 0.717) is 17.9 Å². The average molecular weight is 306 g/mol. The van der Waals surface area contributed by atoms with E-state index in [9.17, 15) is 4.79 Å².